The molecule has 1 aromatic rings. The van der Waals surface area contributed by atoms with Crippen molar-refractivity contribution in [3.8, 4) is 5.75 Å². The quantitative estimate of drug-likeness (QED) is 0.108. The van der Waals surface area contributed by atoms with Crippen LogP contribution in [-0.2, 0) is 25.5 Å². The zero-order valence-corrected chi connectivity index (χ0v) is 30.0. The number of rotatable bonds is 21. The summed E-state index contributed by atoms with van der Waals surface area (Å²) in [7, 11) is 0. The maximum atomic E-state index is 13.7. The van der Waals surface area contributed by atoms with Crippen LogP contribution in [0.1, 0.15) is 163 Å². The lowest BCUT2D eigenvalue weighted by Gasteiger charge is -2.33. The first-order valence-corrected chi connectivity index (χ1v) is 17.9. The van der Waals surface area contributed by atoms with Gasteiger partial charge < -0.3 is 19.5 Å². The van der Waals surface area contributed by atoms with Gasteiger partial charge in [-0.1, -0.05) is 96.1 Å². The molecule has 0 atom stereocenters. The van der Waals surface area contributed by atoms with Crippen molar-refractivity contribution in [2.75, 3.05) is 0 Å². The van der Waals surface area contributed by atoms with E-state index in [1.165, 1.54) is 70.6 Å². The van der Waals surface area contributed by atoms with Crippen LogP contribution in [-0.4, -0.2) is 30.3 Å². The summed E-state index contributed by atoms with van der Waals surface area (Å²) in [6.07, 6.45) is 17.1. The van der Waals surface area contributed by atoms with Crippen LogP contribution in [0.3, 0.4) is 0 Å². The summed E-state index contributed by atoms with van der Waals surface area (Å²) >= 11 is 0. The van der Waals surface area contributed by atoms with Crippen LogP contribution in [0, 0.1) is 0 Å². The highest BCUT2D eigenvalue weighted by molar-refractivity contribution is 6.00. The van der Waals surface area contributed by atoms with Gasteiger partial charge in [-0.05, 0) is 79.9 Å². The number of carbonyl (C=O) groups is 2. The van der Waals surface area contributed by atoms with E-state index in [1.807, 2.05) is 67.5 Å². The van der Waals surface area contributed by atoms with Crippen LogP contribution in [0.25, 0.3) is 0 Å². The Labute approximate surface area is 274 Å². The Bertz CT molecular complexity index is 1090. The topological polar surface area (TPSA) is 73.9 Å². The molecule has 2 rings (SSSR count). The van der Waals surface area contributed by atoms with Crippen molar-refractivity contribution < 1.29 is 23.8 Å². The van der Waals surface area contributed by atoms with E-state index in [9.17, 15) is 9.59 Å². The average molecular weight is 626 g/mol. The molecule has 0 bridgehead atoms. The van der Waals surface area contributed by atoms with E-state index < -0.39 is 17.9 Å². The van der Waals surface area contributed by atoms with Crippen molar-refractivity contribution in [1.82, 2.24) is 5.32 Å². The first-order chi connectivity index (χ1) is 21.5. The zero-order chi connectivity index (χ0) is 33.4. The van der Waals surface area contributed by atoms with Crippen LogP contribution in [0.5, 0.6) is 5.75 Å². The number of unbranched alkanes of at least 4 members (excludes halogenated alkanes) is 12. The molecule has 0 saturated heterocycles. The average Bonchev–Trinajstić information content (AvgIpc) is 2.94. The van der Waals surface area contributed by atoms with Crippen molar-refractivity contribution >= 4 is 11.9 Å². The van der Waals surface area contributed by atoms with Gasteiger partial charge in [-0.15, -0.1) is 0 Å². The molecule has 1 aliphatic heterocycles. The second-order valence-corrected chi connectivity index (χ2v) is 13.5. The van der Waals surface area contributed by atoms with Crippen LogP contribution < -0.4 is 10.1 Å². The fourth-order valence-electron chi connectivity index (χ4n) is 6.20. The van der Waals surface area contributed by atoms with Gasteiger partial charge in [-0.25, -0.2) is 9.59 Å². The highest BCUT2D eigenvalue weighted by Gasteiger charge is 2.41. The maximum absolute atomic E-state index is 13.7. The van der Waals surface area contributed by atoms with Gasteiger partial charge in [-0.3, -0.25) is 0 Å². The van der Waals surface area contributed by atoms with Crippen molar-refractivity contribution in [3.63, 3.8) is 0 Å². The Morgan fingerprint density at radius 2 is 1.11 bits per heavy atom. The minimum atomic E-state index is -0.671. The molecule has 0 radical (unpaired) electrons. The monoisotopic (exact) mass is 625 g/mol. The zero-order valence-electron chi connectivity index (χ0n) is 30.0. The Morgan fingerprint density at radius 1 is 0.667 bits per heavy atom. The SMILES string of the molecule is CCCCCCCCCCCCCCCc1cccc(OC(C)C)c1C1C(C(=O)OC(C)C)=C(C)NC(C)=C1C(=O)OC(C)C. The van der Waals surface area contributed by atoms with Crippen LogP contribution in [0.15, 0.2) is 40.7 Å². The van der Waals surface area contributed by atoms with Crippen molar-refractivity contribution in [2.24, 2.45) is 0 Å². The molecule has 0 aliphatic carbocycles. The molecule has 1 heterocycles. The number of dihydropyridines is 1. The molecule has 0 aromatic heterocycles. The van der Waals surface area contributed by atoms with E-state index in [1.54, 1.807) is 0 Å². The van der Waals surface area contributed by atoms with Gasteiger partial charge in [0.25, 0.3) is 0 Å². The summed E-state index contributed by atoms with van der Waals surface area (Å²) in [6.45, 7) is 17.4. The molecule has 1 N–H and O–H groups in total. The van der Waals surface area contributed by atoms with Crippen molar-refractivity contribution in [3.05, 3.63) is 51.9 Å². The number of hydrogen-bond donors (Lipinski definition) is 1. The molecule has 6 heteroatoms. The van der Waals surface area contributed by atoms with Gasteiger partial charge >= 0.3 is 11.9 Å². The van der Waals surface area contributed by atoms with Gasteiger partial charge in [0.05, 0.1) is 35.4 Å². The fourth-order valence-corrected chi connectivity index (χ4v) is 6.20. The number of ether oxygens (including phenoxy) is 3. The van der Waals surface area contributed by atoms with E-state index in [0.717, 1.165) is 30.4 Å². The number of hydrogen-bond acceptors (Lipinski definition) is 6. The number of allylic oxidation sites excluding steroid dienone is 2. The summed E-state index contributed by atoms with van der Waals surface area (Å²) < 4.78 is 17.9. The number of benzene rings is 1. The Morgan fingerprint density at radius 3 is 1.53 bits per heavy atom. The Hall–Kier alpha value is -2.76. The third-order valence-corrected chi connectivity index (χ3v) is 8.24. The highest BCUT2D eigenvalue weighted by atomic mass is 16.5. The Balaban J connectivity index is 2.28. The van der Waals surface area contributed by atoms with E-state index in [2.05, 4.69) is 18.3 Å². The molecule has 1 aromatic carbocycles. The molecule has 0 amide bonds. The standard InChI is InChI=1S/C39H63NO5/c1-10-11-12-13-14-15-16-17-18-19-20-21-22-24-32-25-23-26-33(43-27(2)3)36(32)37-34(38(41)44-28(4)5)30(8)40-31(9)35(37)39(42)45-29(6)7/h23,25-29,37,40H,10-22,24H2,1-9H3. The fraction of sp³-hybridized carbons (Fsp3) is 0.692. The predicted octanol–water partition coefficient (Wildman–Crippen LogP) is 10.2. The number of carbonyl (C=O) groups excluding carboxylic acids is 2. The summed E-state index contributed by atoms with van der Waals surface area (Å²) in [5, 5.41) is 3.28. The van der Waals surface area contributed by atoms with Gasteiger partial charge in [-0.2, -0.15) is 0 Å². The molecular weight excluding hydrogens is 562 g/mol. The highest BCUT2D eigenvalue weighted by Crippen LogP contribution is 2.45. The van der Waals surface area contributed by atoms with Crippen LogP contribution >= 0.6 is 0 Å². The molecule has 45 heavy (non-hydrogen) atoms. The molecule has 0 spiro atoms. The third-order valence-electron chi connectivity index (χ3n) is 8.24. The number of esters is 2. The maximum Gasteiger partial charge on any atom is 0.337 e. The summed E-state index contributed by atoms with van der Waals surface area (Å²) in [6, 6.07) is 6.09. The second-order valence-electron chi connectivity index (χ2n) is 13.5. The molecule has 0 unspecified atom stereocenters. The number of aryl methyl sites for hydroxylation is 1. The van der Waals surface area contributed by atoms with Crippen LogP contribution in [0.4, 0.5) is 0 Å². The lowest BCUT2D eigenvalue weighted by molar-refractivity contribution is -0.143. The van der Waals surface area contributed by atoms with Crippen molar-refractivity contribution in [1.29, 1.82) is 0 Å². The molecule has 254 valence electrons. The molecular formula is C39H63NO5. The first kappa shape index (κ1) is 38.4. The third kappa shape index (κ3) is 12.9. The van der Waals surface area contributed by atoms with Gasteiger partial charge in [0.2, 0.25) is 0 Å². The van der Waals surface area contributed by atoms with E-state index in [-0.39, 0.29) is 18.3 Å². The van der Waals surface area contributed by atoms with Gasteiger partial charge in [0.15, 0.2) is 0 Å². The predicted molar refractivity (Wildman–Crippen MR) is 185 cm³/mol. The van der Waals surface area contributed by atoms with E-state index in [0.29, 0.717) is 28.3 Å². The largest absolute Gasteiger partial charge is 0.491 e. The van der Waals surface area contributed by atoms with E-state index in [4.69, 9.17) is 14.2 Å². The smallest absolute Gasteiger partial charge is 0.337 e. The molecule has 0 fully saturated rings. The lowest BCUT2D eigenvalue weighted by Crippen LogP contribution is -2.34. The van der Waals surface area contributed by atoms with Gasteiger partial charge in [0, 0.05) is 17.0 Å². The van der Waals surface area contributed by atoms with Crippen molar-refractivity contribution in [2.45, 2.75) is 176 Å². The lowest BCUT2D eigenvalue weighted by atomic mass is 9.77. The van der Waals surface area contributed by atoms with Crippen LogP contribution in [0.2, 0.25) is 0 Å². The molecule has 0 saturated carbocycles. The minimum absolute atomic E-state index is 0.0793. The van der Waals surface area contributed by atoms with Gasteiger partial charge in [0.1, 0.15) is 5.75 Å². The van der Waals surface area contributed by atoms with E-state index >= 15 is 0 Å². The first-order valence-electron chi connectivity index (χ1n) is 17.9. The normalized spacial score (nSPS) is 14.0. The Kier molecular flexibility index (Phi) is 17.4. The second kappa shape index (κ2) is 20.4. The summed E-state index contributed by atoms with van der Waals surface area (Å²) in [4.78, 5) is 27.4. The number of nitrogens with one attached hydrogen (secondary N) is 1. The molecule has 1 aliphatic rings. The summed E-state index contributed by atoms with van der Waals surface area (Å²) in [5.74, 6) is -0.854. The molecule has 6 nitrogen and oxygen atoms in total. The minimum Gasteiger partial charge on any atom is -0.491 e. The summed E-state index contributed by atoms with van der Waals surface area (Å²) in [5.41, 5.74) is 4.16.